The van der Waals surface area contributed by atoms with Crippen LogP contribution in [0, 0.1) is 11.8 Å². The predicted molar refractivity (Wildman–Crippen MR) is 67.2 cm³/mol. The number of rotatable bonds is 2. The monoisotopic (exact) mass is 277 g/mol. The highest BCUT2D eigenvalue weighted by atomic mass is 16.2. The fourth-order valence-electron chi connectivity index (χ4n) is 2.96. The predicted octanol–water partition coefficient (Wildman–Crippen LogP) is -0.511. The van der Waals surface area contributed by atoms with E-state index in [1.54, 1.807) is 0 Å². The summed E-state index contributed by atoms with van der Waals surface area (Å²) in [5, 5.41) is 2.52. The molecule has 7 heteroatoms. The van der Waals surface area contributed by atoms with E-state index >= 15 is 0 Å². The Labute approximate surface area is 115 Å². The van der Waals surface area contributed by atoms with Crippen molar-refractivity contribution in [3.63, 3.8) is 0 Å². The van der Waals surface area contributed by atoms with Crippen LogP contribution in [0.15, 0.2) is 12.2 Å². The van der Waals surface area contributed by atoms with Crippen LogP contribution < -0.4 is 5.32 Å². The minimum absolute atomic E-state index is 0.280. The fourth-order valence-corrected chi connectivity index (χ4v) is 2.96. The average Bonchev–Trinajstić information content (AvgIpc) is 2.97. The molecule has 2 atom stereocenters. The van der Waals surface area contributed by atoms with E-state index in [4.69, 9.17) is 0 Å². The number of carbonyl (C=O) groups is 4. The Bertz CT molecular complexity index is 502. The number of allylic oxidation sites excluding steroid dienone is 2. The van der Waals surface area contributed by atoms with E-state index in [-0.39, 0.29) is 36.7 Å². The lowest BCUT2D eigenvalue weighted by Gasteiger charge is -2.18. The quantitative estimate of drug-likeness (QED) is 0.544. The van der Waals surface area contributed by atoms with Gasteiger partial charge in [0.2, 0.25) is 11.8 Å². The first kappa shape index (κ1) is 12.8. The molecule has 2 heterocycles. The third-order valence-electron chi connectivity index (χ3n) is 4.05. The van der Waals surface area contributed by atoms with Gasteiger partial charge >= 0.3 is 6.03 Å². The number of nitrogens with one attached hydrogen (secondary N) is 1. The summed E-state index contributed by atoms with van der Waals surface area (Å²) in [7, 11) is 0. The number of imide groups is 2. The molecule has 0 saturated carbocycles. The Balaban J connectivity index is 1.72. The molecule has 0 radical (unpaired) electrons. The van der Waals surface area contributed by atoms with Gasteiger partial charge in [0.15, 0.2) is 0 Å². The number of likely N-dealkylation sites (tertiary alicyclic amines) is 1. The molecule has 0 unspecified atom stereocenters. The molecule has 2 saturated heterocycles. The van der Waals surface area contributed by atoms with Crippen LogP contribution in [-0.4, -0.2) is 53.2 Å². The van der Waals surface area contributed by atoms with Gasteiger partial charge in [-0.3, -0.25) is 24.2 Å². The lowest BCUT2D eigenvalue weighted by atomic mass is 9.85. The summed E-state index contributed by atoms with van der Waals surface area (Å²) >= 11 is 0. The zero-order valence-corrected chi connectivity index (χ0v) is 10.9. The molecule has 0 aromatic rings. The molecule has 7 nitrogen and oxygen atoms in total. The first-order valence-corrected chi connectivity index (χ1v) is 6.68. The maximum atomic E-state index is 12.2. The van der Waals surface area contributed by atoms with Crippen LogP contribution >= 0.6 is 0 Å². The molecule has 2 fully saturated rings. The molecule has 3 aliphatic rings. The van der Waals surface area contributed by atoms with Gasteiger partial charge in [-0.25, -0.2) is 4.79 Å². The normalized spacial score (nSPS) is 28.9. The molecular weight excluding hydrogens is 262 g/mol. The van der Waals surface area contributed by atoms with Crippen LogP contribution in [0.2, 0.25) is 0 Å². The zero-order chi connectivity index (χ0) is 14.3. The van der Waals surface area contributed by atoms with Gasteiger partial charge in [-0.05, 0) is 12.8 Å². The van der Waals surface area contributed by atoms with Crippen molar-refractivity contribution in [1.29, 1.82) is 0 Å². The van der Waals surface area contributed by atoms with Crippen molar-refractivity contribution in [2.24, 2.45) is 11.8 Å². The Morgan fingerprint density at radius 1 is 1.15 bits per heavy atom. The van der Waals surface area contributed by atoms with Crippen molar-refractivity contribution >= 4 is 23.8 Å². The van der Waals surface area contributed by atoms with Crippen LogP contribution in [-0.2, 0) is 14.4 Å². The highest BCUT2D eigenvalue weighted by Gasteiger charge is 2.48. The largest absolute Gasteiger partial charge is 0.336 e. The minimum Gasteiger partial charge on any atom is -0.336 e. The smallest absolute Gasteiger partial charge is 0.324 e. The lowest BCUT2D eigenvalue weighted by molar-refractivity contribution is -0.145. The first-order chi connectivity index (χ1) is 9.59. The first-order valence-electron chi connectivity index (χ1n) is 6.68. The molecule has 0 aromatic heterocycles. The van der Waals surface area contributed by atoms with Gasteiger partial charge < -0.3 is 5.32 Å². The van der Waals surface area contributed by atoms with E-state index in [0.717, 1.165) is 9.80 Å². The van der Waals surface area contributed by atoms with Gasteiger partial charge in [0.1, 0.15) is 6.54 Å². The Kier molecular flexibility index (Phi) is 3.04. The number of fused-ring (bicyclic) bond motifs is 1. The fraction of sp³-hybridized carbons (Fsp3) is 0.538. The zero-order valence-electron chi connectivity index (χ0n) is 10.9. The van der Waals surface area contributed by atoms with Gasteiger partial charge in [0.25, 0.3) is 5.91 Å². The molecule has 0 spiro atoms. The Morgan fingerprint density at radius 3 is 2.25 bits per heavy atom. The highest BCUT2D eigenvalue weighted by Crippen LogP contribution is 2.34. The Morgan fingerprint density at radius 2 is 1.75 bits per heavy atom. The second kappa shape index (κ2) is 4.73. The van der Waals surface area contributed by atoms with Gasteiger partial charge in [-0.2, -0.15) is 0 Å². The van der Waals surface area contributed by atoms with Crippen LogP contribution in [0.5, 0.6) is 0 Å². The van der Waals surface area contributed by atoms with Gasteiger partial charge in [0, 0.05) is 13.1 Å². The van der Waals surface area contributed by atoms with Crippen molar-refractivity contribution in [2.45, 2.75) is 12.8 Å². The number of nitrogens with zero attached hydrogens (tertiary/aromatic N) is 2. The van der Waals surface area contributed by atoms with E-state index in [0.29, 0.717) is 19.4 Å². The lowest BCUT2D eigenvalue weighted by Crippen LogP contribution is -2.44. The summed E-state index contributed by atoms with van der Waals surface area (Å²) in [6.07, 6.45) is 4.88. The summed E-state index contributed by atoms with van der Waals surface area (Å²) in [6.45, 7) is 0.349. The third kappa shape index (κ3) is 1.90. The van der Waals surface area contributed by atoms with Crippen LogP contribution in [0.1, 0.15) is 12.8 Å². The highest BCUT2D eigenvalue weighted by molar-refractivity contribution is 6.08. The van der Waals surface area contributed by atoms with Gasteiger partial charge in [-0.1, -0.05) is 12.2 Å². The number of hydrogen-bond acceptors (Lipinski definition) is 4. The van der Waals surface area contributed by atoms with E-state index in [9.17, 15) is 19.2 Å². The third-order valence-corrected chi connectivity index (χ3v) is 4.05. The average molecular weight is 277 g/mol. The van der Waals surface area contributed by atoms with Crippen molar-refractivity contribution in [3.8, 4) is 0 Å². The van der Waals surface area contributed by atoms with Crippen molar-refractivity contribution < 1.29 is 19.2 Å². The molecule has 0 bridgehead atoms. The summed E-state index contributed by atoms with van der Waals surface area (Å²) in [4.78, 5) is 49.8. The summed E-state index contributed by atoms with van der Waals surface area (Å²) < 4.78 is 0. The second-order valence-corrected chi connectivity index (χ2v) is 5.20. The summed E-state index contributed by atoms with van der Waals surface area (Å²) in [5.74, 6) is -1.77. The number of amides is 5. The minimum atomic E-state index is -0.506. The van der Waals surface area contributed by atoms with Crippen molar-refractivity contribution in [2.75, 3.05) is 19.6 Å². The number of urea groups is 1. The summed E-state index contributed by atoms with van der Waals surface area (Å²) in [6, 6.07) is -0.465. The van der Waals surface area contributed by atoms with Gasteiger partial charge in [-0.15, -0.1) is 0 Å². The van der Waals surface area contributed by atoms with E-state index < -0.39 is 11.9 Å². The number of hydrogen-bond donors (Lipinski definition) is 1. The van der Waals surface area contributed by atoms with Crippen LogP contribution in [0.4, 0.5) is 4.79 Å². The molecular formula is C13H15N3O4. The molecule has 20 heavy (non-hydrogen) atoms. The summed E-state index contributed by atoms with van der Waals surface area (Å²) in [5.41, 5.74) is 0. The van der Waals surface area contributed by atoms with Gasteiger partial charge in [0.05, 0.1) is 11.8 Å². The standard InChI is InChI=1S/C13H15N3O4/c17-10(15-6-5-14-13(15)20)7-16-11(18)8-3-1-2-4-9(8)12(16)19/h1-2,8-9H,3-7H2,(H,14,20)/t8-,9-/m0/s1. The number of carbonyl (C=O) groups excluding carboxylic acids is 4. The maximum absolute atomic E-state index is 12.2. The maximum Gasteiger partial charge on any atom is 0.324 e. The van der Waals surface area contributed by atoms with E-state index in [1.807, 2.05) is 12.2 Å². The molecule has 1 aliphatic carbocycles. The van der Waals surface area contributed by atoms with E-state index in [2.05, 4.69) is 5.32 Å². The van der Waals surface area contributed by atoms with Crippen LogP contribution in [0.3, 0.4) is 0 Å². The molecule has 3 rings (SSSR count). The van der Waals surface area contributed by atoms with Crippen molar-refractivity contribution in [1.82, 2.24) is 15.1 Å². The molecule has 1 N–H and O–H groups in total. The topological polar surface area (TPSA) is 86.8 Å². The molecule has 106 valence electrons. The van der Waals surface area contributed by atoms with Crippen LogP contribution in [0.25, 0.3) is 0 Å². The SMILES string of the molecule is O=C(CN1C(=O)[C@H]2CC=CC[C@@H]2C1=O)N1CCNC1=O. The van der Waals surface area contributed by atoms with Crippen molar-refractivity contribution in [3.05, 3.63) is 12.2 Å². The Hall–Kier alpha value is -2.18. The second-order valence-electron chi connectivity index (χ2n) is 5.20. The molecule has 0 aromatic carbocycles. The molecule has 2 aliphatic heterocycles. The van der Waals surface area contributed by atoms with E-state index in [1.165, 1.54) is 0 Å². The molecule has 5 amide bonds.